The van der Waals surface area contributed by atoms with E-state index in [2.05, 4.69) is 20.7 Å². The summed E-state index contributed by atoms with van der Waals surface area (Å²) in [7, 11) is 0. The van der Waals surface area contributed by atoms with Gasteiger partial charge in [0.1, 0.15) is 11.5 Å². The van der Waals surface area contributed by atoms with Crippen molar-refractivity contribution in [1.29, 1.82) is 0 Å². The molecular weight excluding hydrogens is 501 g/mol. The van der Waals surface area contributed by atoms with E-state index < -0.39 is 29.3 Å². The number of rotatable bonds is 5. The Morgan fingerprint density at radius 2 is 1.88 bits per heavy atom. The molecule has 0 spiro atoms. The molecule has 0 saturated heterocycles. The molecule has 0 atom stereocenters. The van der Waals surface area contributed by atoms with Crippen LogP contribution in [0, 0.1) is 12.7 Å². The van der Waals surface area contributed by atoms with Crippen LogP contribution in [0.1, 0.15) is 35.6 Å². The van der Waals surface area contributed by atoms with Gasteiger partial charge < -0.3 is 10.6 Å². The molecule has 1 aromatic carbocycles. The van der Waals surface area contributed by atoms with Crippen LogP contribution in [0.2, 0.25) is 10.0 Å². The summed E-state index contributed by atoms with van der Waals surface area (Å²) in [6.45, 7) is 5.31. The van der Waals surface area contributed by atoms with Crippen molar-refractivity contribution in [2.24, 2.45) is 0 Å². The Morgan fingerprint density at radius 1 is 1.21 bits per heavy atom. The second-order valence-corrected chi connectivity index (χ2v) is 7.95. The average Bonchev–Trinajstić information content (AvgIpc) is 3.17. The summed E-state index contributed by atoms with van der Waals surface area (Å²) >= 11 is 11.7. The number of carbonyl (C=O) groups excluding carboxylic acids is 2. The molecule has 2 aromatic heterocycles. The lowest BCUT2D eigenvalue weighted by Gasteiger charge is -2.11. The summed E-state index contributed by atoms with van der Waals surface area (Å²) in [6, 6.07) is 6.02. The molecule has 3 aromatic rings. The van der Waals surface area contributed by atoms with Gasteiger partial charge in [0.15, 0.2) is 11.5 Å². The van der Waals surface area contributed by atoms with Gasteiger partial charge in [0.25, 0.3) is 5.91 Å². The molecule has 0 fully saturated rings. The van der Waals surface area contributed by atoms with Gasteiger partial charge >= 0.3 is 6.18 Å². The highest BCUT2D eigenvalue weighted by molar-refractivity contribution is 6.32. The highest BCUT2D eigenvalue weighted by atomic mass is 35.5. The molecule has 182 valence electrons. The predicted molar refractivity (Wildman–Crippen MR) is 120 cm³/mol. The van der Waals surface area contributed by atoms with Gasteiger partial charge in [-0.25, -0.2) is 14.1 Å². The number of anilines is 1. The molecule has 0 aliphatic carbocycles. The number of nitrogens with one attached hydrogen (secondary N) is 2. The maximum atomic E-state index is 14.1. The quantitative estimate of drug-likeness (QED) is 0.347. The molecule has 2 N–H and O–H groups in total. The molecular formula is C21H19Cl2F4N5O2. The molecule has 0 unspecified atom stereocenters. The molecule has 0 bridgehead atoms. The van der Waals surface area contributed by atoms with Gasteiger partial charge in [0.05, 0.1) is 10.7 Å². The van der Waals surface area contributed by atoms with E-state index in [1.165, 1.54) is 31.3 Å². The van der Waals surface area contributed by atoms with Crippen LogP contribution in [-0.4, -0.2) is 33.1 Å². The lowest BCUT2D eigenvalue weighted by atomic mass is 10.2. The van der Waals surface area contributed by atoms with E-state index in [0.717, 1.165) is 6.07 Å². The van der Waals surface area contributed by atoms with E-state index in [9.17, 15) is 27.2 Å². The maximum absolute atomic E-state index is 14.1. The number of alkyl halides is 3. The Labute approximate surface area is 202 Å². The highest BCUT2D eigenvalue weighted by Gasteiger charge is 2.36. The smallest absolute Gasteiger partial charge is 0.357 e. The number of benzene rings is 1. The molecule has 0 saturated carbocycles. The van der Waals surface area contributed by atoms with E-state index in [-0.39, 0.29) is 33.2 Å². The topological polar surface area (TPSA) is 88.9 Å². The fourth-order valence-corrected chi connectivity index (χ4v) is 3.01. The molecule has 2 heterocycles. The Balaban J connectivity index is 0.000000604. The van der Waals surface area contributed by atoms with Crippen molar-refractivity contribution in [3.05, 3.63) is 69.3 Å². The zero-order chi connectivity index (χ0) is 25.6. The van der Waals surface area contributed by atoms with Gasteiger partial charge in [-0.2, -0.15) is 18.3 Å². The first-order valence-electron chi connectivity index (χ1n) is 9.60. The monoisotopic (exact) mass is 519 g/mol. The number of nitrogens with zero attached hydrogens (tertiary/aromatic N) is 3. The molecule has 0 aliphatic heterocycles. The van der Waals surface area contributed by atoms with Crippen LogP contribution >= 0.6 is 23.2 Å². The first-order chi connectivity index (χ1) is 15.8. The van der Waals surface area contributed by atoms with Crippen LogP contribution in [-0.2, 0) is 11.0 Å². The minimum absolute atomic E-state index is 0.0257. The number of aromatic nitrogens is 3. The summed E-state index contributed by atoms with van der Waals surface area (Å²) < 4.78 is 54.2. The summed E-state index contributed by atoms with van der Waals surface area (Å²) in [5, 5.41) is 8.26. The third kappa shape index (κ3) is 6.91. The fourth-order valence-electron chi connectivity index (χ4n) is 2.55. The van der Waals surface area contributed by atoms with Crippen LogP contribution in [0.15, 0.2) is 36.5 Å². The van der Waals surface area contributed by atoms with Gasteiger partial charge in [-0.05, 0) is 50.6 Å². The number of aryl methyl sites for hydroxylation is 1. The van der Waals surface area contributed by atoms with Crippen LogP contribution in [0.3, 0.4) is 0 Å². The number of hydrogen-bond acceptors (Lipinski definition) is 4. The fraction of sp³-hybridized carbons (Fsp3) is 0.238. The standard InChI is InChI=1S/C17H10Cl2F4N4O.C4H9NO/c1-8-5-9(18)6-11(20)14(8)25-16(28)12-7-13(17(21,22)23)26-27(12)15-10(19)3-2-4-24-15;1-4(2)5-3-6/h2-7H,1H3,(H,25,28);3-4H,1-2H3,(H,5,6). The van der Waals surface area contributed by atoms with E-state index >= 15 is 0 Å². The summed E-state index contributed by atoms with van der Waals surface area (Å²) in [4.78, 5) is 26.0. The minimum atomic E-state index is -4.82. The summed E-state index contributed by atoms with van der Waals surface area (Å²) in [6.07, 6.45) is -2.84. The minimum Gasteiger partial charge on any atom is -0.357 e. The molecule has 3 rings (SSSR count). The van der Waals surface area contributed by atoms with Gasteiger partial charge in [-0.3, -0.25) is 9.59 Å². The number of amides is 2. The molecule has 13 heteroatoms. The molecule has 2 amide bonds. The first kappa shape index (κ1) is 27.1. The number of carbonyl (C=O) groups is 2. The average molecular weight is 520 g/mol. The second kappa shape index (κ2) is 11.3. The van der Waals surface area contributed by atoms with E-state index in [1.807, 2.05) is 13.8 Å². The Bertz CT molecular complexity index is 1160. The van der Waals surface area contributed by atoms with Crippen molar-refractivity contribution in [3.8, 4) is 5.82 Å². The molecule has 0 aliphatic rings. The lowest BCUT2D eigenvalue weighted by molar-refractivity contribution is -0.141. The van der Waals surface area contributed by atoms with Crippen LogP contribution in [0.25, 0.3) is 5.82 Å². The number of pyridine rings is 1. The van der Waals surface area contributed by atoms with Crippen LogP contribution in [0.5, 0.6) is 0 Å². The van der Waals surface area contributed by atoms with Gasteiger partial charge in [0.2, 0.25) is 6.41 Å². The van der Waals surface area contributed by atoms with Crippen molar-refractivity contribution in [2.45, 2.75) is 33.0 Å². The highest BCUT2D eigenvalue weighted by Crippen LogP contribution is 2.31. The van der Waals surface area contributed by atoms with Gasteiger partial charge in [-0.1, -0.05) is 23.2 Å². The van der Waals surface area contributed by atoms with Gasteiger partial charge in [0, 0.05) is 23.3 Å². The van der Waals surface area contributed by atoms with Crippen molar-refractivity contribution >= 4 is 41.2 Å². The normalized spacial score (nSPS) is 11.0. The third-order valence-electron chi connectivity index (χ3n) is 4.06. The van der Waals surface area contributed by atoms with Crippen LogP contribution in [0.4, 0.5) is 23.2 Å². The molecule has 7 nitrogen and oxygen atoms in total. The molecule has 0 radical (unpaired) electrons. The van der Waals surface area contributed by atoms with Crippen LogP contribution < -0.4 is 10.6 Å². The Kier molecular flexibility index (Phi) is 9.00. The van der Waals surface area contributed by atoms with E-state index in [4.69, 9.17) is 23.2 Å². The SMILES string of the molecule is CC(C)NC=O.Cc1cc(Cl)cc(F)c1NC(=O)c1cc(C(F)(F)F)nn1-c1ncccc1Cl. The number of halogens is 6. The second-order valence-electron chi connectivity index (χ2n) is 7.11. The zero-order valence-electron chi connectivity index (χ0n) is 18.0. The predicted octanol–water partition coefficient (Wildman–Crippen LogP) is 5.43. The number of hydrogen-bond donors (Lipinski definition) is 2. The van der Waals surface area contributed by atoms with Crippen molar-refractivity contribution < 1.29 is 27.2 Å². The van der Waals surface area contributed by atoms with E-state index in [1.54, 1.807) is 0 Å². The zero-order valence-corrected chi connectivity index (χ0v) is 19.6. The van der Waals surface area contributed by atoms with Gasteiger partial charge in [-0.15, -0.1) is 0 Å². The molecule has 34 heavy (non-hydrogen) atoms. The first-order valence-corrected chi connectivity index (χ1v) is 10.4. The van der Waals surface area contributed by atoms with Crippen molar-refractivity contribution in [1.82, 2.24) is 20.1 Å². The maximum Gasteiger partial charge on any atom is 0.435 e. The summed E-state index contributed by atoms with van der Waals surface area (Å²) in [5.74, 6) is -2.05. The summed E-state index contributed by atoms with van der Waals surface area (Å²) in [5.41, 5.74) is -1.78. The lowest BCUT2D eigenvalue weighted by Crippen LogP contribution is -2.19. The van der Waals surface area contributed by atoms with Crippen molar-refractivity contribution in [2.75, 3.05) is 5.32 Å². The van der Waals surface area contributed by atoms with E-state index in [0.29, 0.717) is 17.2 Å². The Hall–Kier alpha value is -3.18. The largest absolute Gasteiger partial charge is 0.435 e. The third-order valence-corrected chi connectivity index (χ3v) is 4.58. The van der Waals surface area contributed by atoms with Crippen molar-refractivity contribution in [3.63, 3.8) is 0 Å². The Morgan fingerprint density at radius 3 is 2.38 bits per heavy atom.